The molecule has 0 aromatic carbocycles. The fourth-order valence-electron chi connectivity index (χ4n) is 0.0735. The molecule has 0 aromatic rings. The topological polar surface area (TPSA) is 78.4 Å². The van der Waals surface area contributed by atoms with Crippen LogP contribution in [0.5, 0.6) is 0 Å². The van der Waals surface area contributed by atoms with Gasteiger partial charge in [0.05, 0.1) is 0 Å². The average Bonchev–Trinajstić information content (AvgIpc) is 1.27. The molecule has 0 aromatic heterocycles. The zero-order chi connectivity index (χ0) is 5.86. The first kappa shape index (κ1) is 6.09. The first-order chi connectivity index (χ1) is 3.13. The van der Waals surface area contributed by atoms with Gasteiger partial charge in [0, 0.05) is 0 Å². The Labute approximate surface area is 44.2 Å². The highest BCUT2D eigenvalue weighted by molar-refractivity contribution is 7.79. The Balaban J connectivity index is 3.32. The van der Waals surface area contributed by atoms with Crippen molar-refractivity contribution in [3.8, 4) is 0 Å². The lowest BCUT2D eigenvalue weighted by atomic mass is 11.4. The van der Waals surface area contributed by atoms with Crippen LogP contribution in [-0.4, -0.2) is 10.3 Å². The van der Waals surface area contributed by atoms with E-state index in [0.29, 0.717) is 0 Å². The van der Waals surface area contributed by atoms with E-state index in [0.717, 1.165) is 0 Å². The third kappa shape index (κ3) is 5.09. The number of hydrogen-bond donors (Lipinski definition) is 1. The van der Waals surface area contributed by atoms with Gasteiger partial charge in [0.2, 0.25) is 0 Å². The molecule has 0 heterocycles. The Morgan fingerprint density at radius 1 is 2.00 bits per heavy atom. The third-order valence-electron chi connectivity index (χ3n) is 0.165. The minimum Gasteiger partial charge on any atom is -0.371 e. The van der Waals surface area contributed by atoms with Crippen molar-refractivity contribution in [3.63, 3.8) is 0 Å². The predicted octanol–water partition coefficient (Wildman–Crippen LogP) is -0.562. The minimum atomic E-state index is -1.07. The molecule has 7 heavy (non-hydrogen) atoms. The molecule has 0 unspecified atom stereocenters. The quantitative estimate of drug-likeness (QED) is 0.286. The van der Waals surface area contributed by atoms with Crippen LogP contribution in [-0.2, 0) is 4.84 Å². The molecule has 5 nitrogen and oxygen atoms in total. The molecule has 0 radical (unpaired) electrons. The maximum absolute atomic E-state index is 9.23. The van der Waals surface area contributed by atoms with Gasteiger partial charge in [-0.25, -0.2) is 4.84 Å². The molecule has 0 fully saturated rings. The van der Waals surface area contributed by atoms with Crippen LogP contribution in [0, 0.1) is 10.1 Å². The number of nitrogens with zero attached hydrogens (tertiary/aromatic N) is 1. The van der Waals surface area contributed by atoms with Gasteiger partial charge in [-0.15, -0.1) is 10.1 Å². The zero-order valence-corrected chi connectivity index (χ0v) is 3.97. The molecule has 0 saturated carbocycles. The van der Waals surface area contributed by atoms with Crippen molar-refractivity contribution in [2.45, 2.75) is 0 Å². The summed E-state index contributed by atoms with van der Waals surface area (Å²) in [6.07, 6.45) is 0. The molecule has 0 amide bonds. The van der Waals surface area contributed by atoms with Crippen molar-refractivity contribution in [1.29, 1.82) is 0 Å². The second-order valence-electron chi connectivity index (χ2n) is 0.634. The maximum atomic E-state index is 9.23. The van der Waals surface area contributed by atoms with Gasteiger partial charge in [0.25, 0.3) is 5.17 Å². The molecule has 0 saturated heterocycles. The Hall–Kier alpha value is -0.910. The SMILES string of the molecule is NC(=S)O[N+](=O)[O-]. The van der Waals surface area contributed by atoms with Gasteiger partial charge < -0.3 is 5.73 Å². The first-order valence-corrected chi connectivity index (χ1v) is 1.65. The van der Waals surface area contributed by atoms with Crippen LogP contribution in [0.3, 0.4) is 0 Å². The fourth-order valence-corrected chi connectivity index (χ4v) is 0.134. The summed E-state index contributed by atoms with van der Waals surface area (Å²) in [4.78, 5) is 12.7. The van der Waals surface area contributed by atoms with Gasteiger partial charge in [-0.1, -0.05) is 0 Å². The molecule has 0 aliphatic carbocycles. The number of nitrogens with two attached hydrogens (primary N) is 1. The monoisotopic (exact) mass is 122 g/mol. The summed E-state index contributed by atoms with van der Waals surface area (Å²) in [6, 6.07) is 0. The second-order valence-corrected chi connectivity index (χ2v) is 1.04. The van der Waals surface area contributed by atoms with E-state index in [-0.39, 0.29) is 0 Å². The molecule has 6 heteroatoms. The summed E-state index contributed by atoms with van der Waals surface area (Å²) in [6.45, 7) is 0. The Kier molecular flexibility index (Phi) is 2.00. The second kappa shape index (κ2) is 2.30. The van der Waals surface area contributed by atoms with Gasteiger partial charge in [-0.3, -0.25) is 0 Å². The lowest BCUT2D eigenvalue weighted by Crippen LogP contribution is -2.16. The van der Waals surface area contributed by atoms with Gasteiger partial charge in [-0.05, 0) is 12.2 Å². The Bertz CT molecular complexity index is 89.1. The lowest BCUT2D eigenvalue weighted by molar-refractivity contribution is -0.723. The molecule has 0 rings (SSSR count). The van der Waals surface area contributed by atoms with Gasteiger partial charge in [-0.2, -0.15) is 0 Å². The summed E-state index contributed by atoms with van der Waals surface area (Å²) in [7, 11) is 0. The van der Waals surface area contributed by atoms with E-state index < -0.39 is 10.3 Å². The number of hydrogen-bond acceptors (Lipinski definition) is 4. The average molecular weight is 122 g/mol. The van der Waals surface area contributed by atoms with Crippen LogP contribution < -0.4 is 5.73 Å². The fraction of sp³-hybridized carbons (Fsp3) is 0. The van der Waals surface area contributed by atoms with Crippen LogP contribution in [0.25, 0.3) is 0 Å². The zero-order valence-electron chi connectivity index (χ0n) is 3.16. The summed E-state index contributed by atoms with van der Waals surface area (Å²) >= 11 is 3.99. The van der Waals surface area contributed by atoms with Crippen molar-refractivity contribution < 1.29 is 9.92 Å². The highest BCUT2D eigenvalue weighted by Gasteiger charge is 1.92. The number of thiocarbonyl (C=S) groups is 1. The molecule has 40 valence electrons. The van der Waals surface area contributed by atoms with E-state index in [1.54, 1.807) is 0 Å². The van der Waals surface area contributed by atoms with Crippen molar-refractivity contribution in [1.82, 2.24) is 0 Å². The predicted molar refractivity (Wildman–Crippen MR) is 24.9 cm³/mol. The van der Waals surface area contributed by atoms with Crippen molar-refractivity contribution >= 4 is 17.4 Å². The largest absolute Gasteiger partial charge is 0.371 e. The van der Waals surface area contributed by atoms with E-state index in [1.807, 2.05) is 0 Å². The normalized spacial score (nSPS) is 7.43. The van der Waals surface area contributed by atoms with Gasteiger partial charge in [0.1, 0.15) is 0 Å². The molecule has 0 spiro atoms. The Morgan fingerprint density at radius 3 is 2.43 bits per heavy atom. The van der Waals surface area contributed by atoms with E-state index in [9.17, 15) is 10.1 Å². The molecule has 0 aliphatic heterocycles. The van der Waals surface area contributed by atoms with Crippen LogP contribution in [0.1, 0.15) is 0 Å². The first-order valence-electron chi connectivity index (χ1n) is 1.24. The highest BCUT2D eigenvalue weighted by atomic mass is 32.1. The van der Waals surface area contributed by atoms with Crippen LogP contribution in [0.2, 0.25) is 0 Å². The third-order valence-corrected chi connectivity index (χ3v) is 0.239. The van der Waals surface area contributed by atoms with Crippen LogP contribution in [0.15, 0.2) is 0 Å². The molecular formula is CH2N2O3S. The van der Waals surface area contributed by atoms with Gasteiger partial charge >= 0.3 is 5.09 Å². The van der Waals surface area contributed by atoms with Crippen LogP contribution in [0.4, 0.5) is 0 Å². The molecule has 0 atom stereocenters. The van der Waals surface area contributed by atoms with E-state index >= 15 is 0 Å². The molecular weight excluding hydrogens is 120 g/mol. The standard InChI is InChI=1S/CH2N2O3S/c2-1(7)6-3(4)5/h(H2,2,7). The van der Waals surface area contributed by atoms with Crippen LogP contribution >= 0.6 is 12.2 Å². The summed E-state index contributed by atoms with van der Waals surface area (Å²) in [5.41, 5.74) is 4.56. The summed E-state index contributed by atoms with van der Waals surface area (Å²) < 4.78 is 0. The van der Waals surface area contributed by atoms with Crippen molar-refractivity contribution in [2.75, 3.05) is 0 Å². The summed E-state index contributed by atoms with van der Waals surface area (Å²) in [5, 5.41) is 7.58. The lowest BCUT2D eigenvalue weighted by Gasteiger charge is -1.86. The van der Waals surface area contributed by atoms with Crippen molar-refractivity contribution in [2.24, 2.45) is 5.73 Å². The Morgan fingerprint density at radius 2 is 2.43 bits per heavy atom. The van der Waals surface area contributed by atoms with E-state index in [1.165, 1.54) is 0 Å². The van der Waals surface area contributed by atoms with E-state index in [2.05, 4.69) is 22.8 Å². The number of rotatable bonds is 1. The molecule has 0 bridgehead atoms. The van der Waals surface area contributed by atoms with Crippen molar-refractivity contribution in [3.05, 3.63) is 10.1 Å². The molecule has 2 N–H and O–H groups in total. The smallest absolute Gasteiger partial charge is 0.302 e. The maximum Gasteiger partial charge on any atom is 0.302 e. The van der Waals surface area contributed by atoms with E-state index in [4.69, 9.17) is 0 Å². The highest BCUT2D eigenvalue weighted by Crippen LogP contribution is 1.70. The minimum absolute atomic E-state index is 0.579. The summed E-state index contributed by atoms with van der Waals surface area (Å²) in [5.74, 6) is 0. The molecule has 0 aliphatic rings. The van der Waals surface area contributed by atoms with Gasteiger partial charge in [0.15, 0.2) is 0 Å².